The summed E-state index contributed by atoms with van der Waals surface area (Å²) in [5, 5.41) is 0. The largest absolute Gasteiger partial charge is 0.540 e. The molecule has 0 spiro atoms. The Balaban J connectivity index is 0.000000173. The number of esters is 3. The summed E-state index contributed by atoms with van der Waals surface area (Å²) in [6, 6.07) is 11.6. The summed E-state index contributed by atoms with van der Waals surface area (Å²) >= 11 is 0. The second-order valence-electron chi connectivity index (χ2n) is 41.5. The molecule has 0 unspecified atom stereocenters. The average molecular weight is 2030 g/mol. The van der Waals surface area contributed by atoms with Crippen LogP contribution in [0.15, 0.2) is 54.6 Å². The average Bonchev–Trinajstić information content (AvgIpc) is 1.58. The van der Waals surface area contributed by atoms with Crippen molar-refractivity contribution in [3.8, 4) is 34.9 Å². The molecule has 36 heteroatoms. The molecule has 6 aliphatic heterocycles. The summed E-state index contributed by atoms with van der Waals surface area (Å²) in [6.07, 6.45) is 20.1. The fraction of sp³-hybridized carbons (Fsp3) is 0.676. The first-order valence-corrected chi connectivity index (χ1v) is 48.8. The summed E-state index contributed by atoms with van der Waals surface area (Å²) in [6.45, 7) is 13.1. The number of aromatic nitrogens is 6. The van der Waals surface area contributed by atoms with Crippen molar-refractivity contribution < 1.29 is 168 Å². The van der Waals surface area contributed by atoms with E-state index in [9.17, 15) is 43.2 Å². The van der Waals surface area contributed by atoms with E-state index >= 15 is 26.3 Å². The minimum Gasteiger partial charge on any atom is -0.540 e. The van der Waals surface area contributed by atoms with Crippen molar-refractivity contribution in [3.63, 3.8) is 0 Å². The summed E-state index contributed by atoms with van der Waals surface area (Å²) in [5.74, 6) is -15.3. The van der Waals surface area contributed by atoms with E-state index < -0.39 is 166 Å². The van der Waals surface area contributed by atoms with Crippen LogP contribution in [0.3, 0.4) is 0 Å². The molecule has 6 aliphatic carbocycles. The topological polar surface area (TPSA) is 324 Å². The van der Waals surface area contributed by atoms with Crippen molar-refractivity contribution in [2.75, 3.05) is 41.0 Å². The number of benzene rings is 3. The predicted molar refractivity (Wildman–Crippen MR) is 482 cm³/mol. The Morgan fingerprint density at radius 3 is 1.01 bits per heavy atom. The van der Waals surface area contributed by atoms with Crippen LogP contribution < -0.4 is 28.4 Å². The Kier molecular flexibility index (Phi) is 34.0. The molecule has 9 fully saturated rings. The third-order valence-electron chi connectivity index (χ3n) is 32.4. The minimum absolute atomic E-state index is 0. The molecule has 12 aliphatic rings. The number of carbonyl (C=O) groups is 6. The normalized spacial score (nSPS) is 31.7. The first-order valence-electron chi connectivity index (χ1n) is 48.8. The number of amides is 3. The van der Waals surface area contributed by atoms with E-state index in [1.165, 1.54) is 36.0 Å². The standard InChI is InChI=1S/C35H44F2N3O6.C34H42F2N3O6.C33H40F2N3O6.3V/c1-21-27(20-41)40-19-29(21)46-32-31(38-25-13-12-23(44-3)17-26(25)39-32)35(36,37)16-5-4-9-22-10-8-11-28(22)45-30(42)18-24(33(40)43)34(2)14-6-7-15-34;1-20-26(19-40)39-18-27(20)44-30-29(37-24-11-10-22(43-4)15-25(24)38-30)34(35,36)14-6-5-9-21-17-33(21,3)45-28(41)16-23(31(39)42)32(2)12-7-8-13-32;1-19-25(18-39)38-17-27(19)44-30-29(36-23-10-9-21(42-3)15-24(23)37-30)33(34,35)13-5-4-8-20-14-26(20)43-28(40)16-22(31(38)41)32(2)11-6-7-12-32;;;/h12-13,17,21-22,24,27-29H,4-11,14-16,18-19H2,1-3H3;10-11,15,20-21,23,26-27H,5-9,12-14,16-18H2,1-4H3;9-10,15,19-20,22,25-27H,4-8,11-14,16-17H2,1-3H3;;;/q3*-1;;;/t21-,22+,24+,27+,28+,29-;20-,21+,23+,26+,27-,33+;19-,20+,22+,25+,26+,27-;;;/m000.../s1. The van der Waals surface area contributed by atoms with Crippen LogP contribution in [-0.2, 0) is 131 Å². The zero-order valence-corrected chi connectivity index (χ0v) is 84.4. The zero-order chi connectivity index (χ0) is 96.0. The smallest absolute Gasteiger partial charge is 0.307 e. The molecular weight excluding hydrogens is 1910 g/mol. The van der Waals surface area contributed by atoms with Gasteiger partial charge in [-0.05, 0) is 198 Å². The maximum Gasteiger partial charge on any atom is 0.307 e. The Morgan fingerprint density at radius 1 is 0.362 bits per heavy atom. The summed E-state index contributed by atoms with van der Waals surface area (Å²) < 4.78 is 148. The molecule has 3 saturated heterocycles. The number of alkyl halides is 6. The Hall–Kier alpha value is -8.36. The molecule has 6 aromatic rings. The zero-order valence-electron chi connectivity index (χ0n) is 80.2. The molecule has 747 valence electrons. The molecule has 3 aromatic carbocycles. The molecule has 3 amide bonds. The van der Waals surface area contributed by atoms with Gasteiger partial charge in [-0.25, -0.2) is 48.8 Å². The minimum atomic E-state index is -3.35. The maximum absolute atomic E-state index is 16.0. The van der Waals surface area contributed by atoms with E-state index in [0.717, 1.165) is 96.3 Å². The van der Waals surface area contributed by atoms with Gasteiger partial charge in [-0.15, -0.1) is 0 Å². The van der Waals surface area contributed by atoms with E-state index in [-0.39, 0.29) is 196 Å². The van der Waals surface area contributed by atoms with Crippen molar-refractivity contribution in [1.82, 2.24) is 44.6 Å². The van der Waals surface area contributed by atoms with Crippen LogP contribution in [0.2, 0.25) is 0 Å². The number of ether oxygens (including phenoxy) is 9. The van der Waals surface area contributed by atoms with Crippen LogP contribution in [0.5, 0.6) is 34.9 Å². The molecule has 0 N–H and O–H groups in total. The molecule has 6 bridgehead atoms. The molecular formula is C102H126F6N9O18V3-3. The van der Waals surface area contributed by atoms with Crippen LogP contribution in [0, 0.1) is 69.5 Å². The van der Waals surface area contributed by atoms with Gasteiger partial charge >= 0.3 is 17.9 Å². The first kappa shape index (κ1) is 107. The Bertz CT molecular complexity index is 5420. The van der Waals surface area contributed by atoms with Gasteiger partial charge in [0, 0.05) is 99.0 Å². The molecule has 6 saturated carbocycles. The van der Waals surface area contributed by atoms with Gasteiger partial charge in [0.15, 0.2) is 17.1 Å². The third kappa shape index (κ3) is 22.8. The molecule has 138 heavy (non-hydrogen) atoms. The maximum atomic E-state index is 16.0. The van der Waals surface area contributed by atoms with Gasteiger partial charge in [0.25, 0.3) is 17.8 Å². The van der Waals surface area contributed by atoms with Crippen molar-refractivity contribution >= 4 is 87.6 Å². The number of halogens is 6. The summed E-state index contributed by atoms with van der Waals surface area (Å²) in [5.41, 5.74) is -1.82. The second-order valence-corrected chi connectivity index (χ2v) is 41.5. The quantitative estimate of drug-likeness (QED) is 0.0562. The molecule has 27 nitrogen and oxygen atoms in total. The van der Waals surface area contributed by atoms with E-state index in [4.69, 9.17) is 42.6 Å². The number of nitrogens with zero attached hydrogens (tertiary/aromatic N) is 9. The van der Waals surface area contributed by atoms with E-state index in [1.54, 1.807) is 75.4 Å². The van der Waals surface area contributed by atoms with Crippen LogP contribution in [0.25, 0.3) is 33.1 Å². The fourth-order valence-corrected chi connectivity index (χ4v) is 23.4. The molecule has 3 radical (unpaired) electrons. The number of methoxy groups -OCH3 is 3. The van der Waals surface area contributed by atoms with E-state index in [1.807, 2.05) is 46.6 Å². The van der Waals surface area contributed by atoms with Crippen molar-refractivity contribution in [2.24, 2.45) is 69.5 Å². The van der Waals surface area contributed by atoms with Crippen LogP contribution in [-0.4, -0.2) is 194 Å². The van der Waals surface area contributed by atoms with Crippen molar-refractivity contribution in [3.05, 3.63) is 71.7 Å². The number of fused-ring (bicyclic) bond motifs is 15. The van der Waals surface area contributed by atoms with Gasteiger partial charge < -0.3 is 71.7 Å². The predicted octanol–water partition coefficient (Wildman–Crippen LogP) is 17.7. The van der Waals surface area contributed by atoms with Gasteiger partial charge in [0.05, 0.1) is 111 Å². The SMILES string of the molecule is COc1ccc2nc3c(nc2c1)O[C@H]1CN(C(=O)[C@H](C2(C)CCCC2)CC(=O)O[C@@H]2CCC[C@H]2CCCCC3(F)F)[C@H]([C-]=O)[C@@H]1C.COc1ccc2nc3c(nc2c1)O[C@H]1CN(C(=O)[C@H](C2(C)CCCC2)CC(=O)O[C@@H]2C[C@H]2CCCCC3(F)F)[C@H]([C-]=O)[C@@H]1C.COc1ccc2nc3c(nc2c1)O[C@H]1CN(C(=O)[C@H](C2(C)CCCC2)CC(=O)O[C@]2(C)C[C@H]2CCCCC3(F)F)[C@H]([C-]=O)[C@@H]1C.[V].[V].[V]. The van der Waals surface area contributed by atoms with E-state index in [0.29, 0.717) is 85.2 Å². The van der Waals surface area contributed by atoms with Crippen LogP contribution in [0.4, 0.5) is 26.3 Å². The van der Waals surface area contributed by atoms with Crippen LogP contribution >= 0.6 is 0 Å². The molecule has 9 heterocycles. The first-order chi connectivity index (χ1) is 64.4. The number of hydrogen-bond donors (Lipinski definition) is 0. The molecule has 18 atom stereocenters. The number of rotatable bonds is 9. The van der Waals surface area contributed by atoms with Crippen LogP contribution in [0.1, 0.15) is 271 Å². The van der Waals surface area contributed by atoms with Gasteiger partial charge in [0.2, 0.25) is 35.4 Å². The molecule has 18 rings (SSSR count). The summed E-state index contributed by atoms with van der Waals surface area (Å²) in [7, 11) is 4.50. The van der Waals surface area contributed by atoms with Crippen molar-refractivity contribution in [1.29, 1.82) is 0 Å². The van der Waals surface area contributed by atoms with Gasteiger partial charge in [-0.3, -0.25) is 28.8 Å². The Labute approximate surface area is 837 Å². The van der Waals surface area contributed by atoms with Gasteiger partial charge in [-0.1, -0.05) is 117 Å². The fourth-order valence-electron chi connectivity index (χ4n) is 23.4. The monoisotopic (exact) mass is 2030 g/mol. The van der Waals surface area contributed by atoms with Gasteiger partial charge in [-0.2, -0.15) is 26.3 Å². The third-order valence-corrected chi connectivity index (χ3v) is 32.4. The van der Waals surface area contributed by atoms with E-state index in [2.05, 4.69) is 29.9 Å². The Morgan fingerprint density at radius 2 is 0.674 bits per heavy atom. The number of hydrogen-bond acceptors (Lipinski definition) is 24. The van der Waals surface area contributed by atoms with Gasteiger partial charge in [0.1, 0.15) is 53.4 Å². The van der Waals surface area contributed by atoms with Crippen molar-refractivity contribution in [2.45, 2.75) is 326 Å². The summed E-state index contributed by atoms with van der Waals surface area (Å²) in [4.78, 5) is 151. The number of carbonyl (C=O) groups excluding carboxylic acids is 9. The molecule has 3 aromatic heterocycles. The second kappa shape index (κ2) is 43.8.